The zero-order valence-electron chi connectivity index (χ0n) is 12.9. The number of hydrogen-bond donors (Lipinski definition) is 1. The van der Waals surface area contributed by atoms with Crippen molar-refractivity contribution in [2.75, 3.05) is 25.4 Å². The summed E-state index contributed by atoms with van der Waals surface area (Å²) in [6.07, 6.45) is 3.41. The standard InChI is InChI=1S/C14H28N2O3S/c1-4-12(5-2)11-15-14(17)13-7-9-16(10-8-13)20(18,19)6-3/h12-13H,4-11H2,1-3H3,(H,15,17). The summed E-state index contributed by atoms with van der Waals surface area (Å²) < 4.78 is 25.0. The highest BCUT2D eigenvalue weighted by atomic mass is 32.2. The minimum atomic E-state index is -3.10. The molecular formula is C14H28N2O3S. The molecule has 1 amide bonds. The van der Waals surface area contributed by atoms with Crippen molar-refractivity contribution in [2.24, 2.45) is 11.8 Å². The van der Waals surface area contributed by atoms with Gasteiger partial charge in [-0.25, -0.2) is 12.7 Å². The van der Waals surface area contributed by atoms with Gasteiger partial charge in [0, 0.05) is 25.6 Å². The van der Waals surface area contributed by atoms with Crippen LogP contribution in [0.5, 0.6) is 0 Å². The normalized spacial score (nSPS) is 18.4. The van der Waals surface area contributed by atoms with Crippen LogP contribution in [0, 0.1) is 11.8 Å². The van der Waals surface area contributed by atoms with Crippen molar-refractivity contribution in [3.8, 4) is 0 Å². The molecule has 0 saturated carbocycles. The number of nitrogens with one attached hydrogen (secondary N) is 1. The van der Waals surface area contributed by atoms with E-state index in [9.17, 15) is 13.2 Å². The van der Waals surface area contributed by atoms with Crippen molar-refractivity contribution in [1.29, 1.82) is 0 Å². The third-order valence-electron chi connectivity index (χ3n) is 4.30. The van der Waals surface area contributed by atoms with Gasteiger partial charge in [-0.05, 0) is 25.7 Å². The second kappa shape index (κ2) is 7.98. The van der Waals surface area contributed by atoms with Gasteiger partial charge in [0.2, 0.25) is 15.9 Å². The largest absolute Gasteiger partial charge is 0.356 e. The molecule has 0 aromatic rings. The van der Waals surface area contributed by atoms with Crippen LogP contribution in [0.1, 0.15) is 46.5 Å². The maximum absolute atomic E-state index is 12.1. The van der Waals surface area contributed by atoms with Gasteiger partial charge in [-0.1, -0.05) is 26.7 Å². The van der Waals surface area contributed by atoms with E-state index >= 15 is 0 Å². The topological polar surface area (TPSA) is 66.5 Å². The summed E-state index contributed by atoms with van der Waals surface area (Å²) in [5.74, 6) is 0.732. The van der Waals surface area contributed by atoms with Gasteiger partial charge in [0.25, 0.3) is 0 Å². The van der Waals surface area contributed by atoms with E-state index < -0.39 is 10.0 Å². The van der Waals surface area contributed by atoms with Gasteiger partial charge < -0.3 is 5.32 Å². The minimum Gasteiger partial charge on any atom is -0.356 e. The molecule has 5 nitrogen and oxygen atoms in total. The van der Waals surface area contributed by atoms with Crippen LogP contribution >= 0.6 is 0 Å². The highest BCUT2D eigenvalue weighted by Gasteiger charge is 2.30. The molecule has 0 spiro atoms. The van der Waals surface area contributed by atoms with E-state index in [4.69, 9.17) is 0 Å². The first-order valence-electron chi connectivity index (χ1n) is 7.70. The van der Waals surface area contributed by atoms with Gasteiger partial charge >= 0.3 is 0 Å². The quantitative estimate of drug-likeness (QED) is 0.777. The lowest BCUT2D eigenvalue weighted by atomic mass is 9.96. The van der Waals surface area contributed by atoms with Crippen molar-refractivity contribution in [1.82, 2.24) is 9.62 Å². The first-order chi connectivity index (χ1) is 9.44. The third-order valence-corrected chi connectivity index (χ3v) is 6.18. The number of sulfonamides is 1. The Kier molecular flexibility index (Phi) is 6.95. The smallest absolute Gasteiger partial charge is 0.223 e. The maximum atomic E-state index is 12.1. The number of carbonyl (C=O) groups is 1. The Labute approximate surface area is 123 Å². The molecular weight excluding hydrogens is 276 g/mol. The Morgan fingerprint density at radius 3 is 2.20 bits per heavy atom. The molecule has 1 aliphatic rings. The summed E-state index contributed by atoms with van der Waals surface area (Å²) in [6.45, 7) is 7.60. The summed E-state index contributed by atoms with van der Waals surface area (Å²) in [6, 6.07) is 0. The molecule has 0 aromatic heterocycles. The second-order valence-corrected chi connectivity index (χ2v) is 7.76. The monoisotopic (exact) mass is 304 g/mol. The van der Waals surface area contributed by atoms with Gasteiger partial charge in [-0.2, -0.15) is 0 Å². The van der Waals surface area contributed by atoms with Crippen molar-refractivity contribution >= 4 is 15.9 Å². The lowest BCUT2D eigenvalue weighted by molar-refractivity contribution is -0.126. The van der Waals surface area contributed by atoms with E-state index in [0.717, 1.165) is 19.4 Å². The maximum Gasteiger partial charge on any atom is 0.223 e. The zero-order chi connectivity index (χ0) is 15.2. The van der Waals surface area contributed by atoms with Crippen LogP contribution < -0.4 is 5.32 Å². The van der Waals surface area contributed by atoms with E-state index in [2.05, 4.69) is 19.2 Å². The molecule has 0 atom stereocenters. The predicted octanol–water partition coefficient (Wildman–Crippen LogP) is 1.60. The summed E-state index contributed by atoms with van der Waals surface area (Å²) in [4.78, 5) is 12.1. The fourth-order valence-corrected chi connectivity index (χ4v) is 3.68. The molecule has 20 heavy (non-hydrogen) atoms. The number of piperidine rings is 1. The minimum absolute atomic E-state index is 0.0346. The SMILES string of the molecule is CCC(CC)CNC(=O)C1CCN(S(=O)(=O)CC)CC1. The third kappa shape index (κ3) is 4.74. The lowest BCUT2D eigenvalue weighted by Crippen LogP contribution is -2.44. The molecule has 1 aliphatic heterocycles. The predicted molar refractivity (Wildman–Crippen MR) is 80.8 cm³/mol. The fraction of sp³-hybridized carbons (Fsp3) is 0.929. The van der Waals surface area contributed by atoms with E-state index in [0.29, 0.717) is 31.8 Å². The molecule has 1 saturated heterocycles. The average molecular weight is 304 g/mol. The highest BCUT2D eigenvalue weighted by Crippen LogP contribution is 2.20. The summed E-state index contributed by atoms with van der Waals surface area (Å²) in [5.41, 5.74) is 0. The van der Waals surface area contributed by atoms with Crippen LogP contribution in [-0.2, 0) is 14.8 Å². The molecule has 1 rings (SSSR count). The Morgan fingerprint density at radius 2 is 1.75 bits per heavy atom. The Balaban J connectivity index is 2.40. The van der Waals surface area contributed by atoms with Crippen LogP contribution in [0.3, 0.4) is 0 Å². The van der Waals surface area contributed by atoms with E-state index in [1.54, 1.807) is 6.92 Å². The Hall–Kier alpha value is -0.620. The number of nitrogens with zero attached hydrogens (tertiary/aromatic N) is 1. The van der Waals surface area contributed by atoms with Gasteiger partial charge in [0.15, 0.2) is 0 Å². The zero-order valence-corrected chi connectivity index (χ0v) is 13.7. The molecule has 0 bridgehead atoms. The molecule has 0 aromatic carbocycles. The van der Waals surface area contributed by atoms with Crippen LogP contribution in [0.15, 0.2) is 0 Å². The fourth-order valence-electron chi connectivity index (χ4n) is 2.55. The number of hydrogen-bond acceptors (Lipinski definition) is 3. The van der Waals surface area contributed by atoms with Gasteiger partial charge in [-0.3, -0.25) is 4.79 Å². The molecule has 1 fully saturated rings. The van der Waals surface area contributed by atoms with E-state index in [-0.39, 0.29) is 17.6 Å². The molecule has 0 aliphatic carbocycles. The number of carbonyl (C=O) groups excluding carboxylic acids is 1. The Morgan fingerprint density at radius 1 is 1.20 bits per heavy atom. The number of rotatable bonds is 7. The van der Waals surface area contributed by atoms with Crippen LogP contribution in [0.2, 0.25) is 0 Å². The second-order valence-electron chi connectivity index (χ2n) is 5.50. The molecule has 1 N–H and O–H groups in total. The van der Waals surface area contributed by atoms with Crippen LogP contribution in [-0.4, -0.2) is 44.0 Å². The molecule has 0 radical (unpaired) electrons. The van der Waals surface area contributed by atoms with Gasteiger partial charge in [-0.15, -0.1) is 0 Å². The molecule has 1 heterocycles. The highest BCUT2D eigenvalue weighted by molar-refractivity contribution is 7.89. The lowest BCUT2D eigenvalue weighted by Gasteiger charge is -2.30. The van der Waals surface area contributed by atoms with Crippen LogP contribution in [0.4, 0.5) is 0 Å². The van der Waals surface area contributed by atoms with Crippen molar-refractivity contribution in [2.45, 2.75) is 46.5 Å². The van der Waals surface area contributed by atoms with Crippen molar-refractivity contribution < 1.29 is 13.2 Å². The first kappa shape index (κ1) is 17.4. The molecule has 118 valence electrons. The van der Waals surface area contributed by atoms with Crippen molar-refractivity contribution in [3.63, 3.8) is 0 Å². The summed E-state index contributed by atoms with van der Waals surface area (Å²) in [5, 5.41) is 3.01. The summed E-state index contributed by atoms with van der Waals surface area (Å²) in [7, 11) is -3.10. The Bertz CT molecular complexity index is 397. The van der Waals surface area contributed by atoms with Gasteiger partial charge in [0.05, 0.1) is 5.75 Å². The summed E-state index contributed by atoms with van der Waals surface area (Å²) >= 11 is 0. The van der Waals surface area contributed by atoms with Crippen LogP contribution in [0.25, 0.3) is 0 Å². The average Bonchev–Trinajstić information content (AvgIpc) is 2.48. The molecule has 0 unspecified atom stereocenters. The number of amides is 1. The van der Waals surface area contributed by atoms with Gasteiger partial charge in [0.1, 0.15) is 0 Å². The van der Waals surface area contributed by atoms with E-state index in [1.807, 2.05) is 0 Å². The van der Waals surface area contributed by atoms with Crippen molar-refractivity contribution in [3.05, 3.63) is 0 Å². The first-order valence-corrected chi connectivity index (χ1v) is 9.31. The molecule has 6 heteroatoms. The van der Waals surface area contributed by atoms with E-state index in [1.165, 1.54) is 4.31 Å².